The molecular formula is C28H29FO8. The molecule has 2 saturated carbocycles. The Bertz CT molecular complexity index is 1220. The van der Waals surface area contributed by atoms with Gasteiger partial charge in [0.25, 0.3) is 0 Å². The third-order valence-electron chi connectivity index (χ3n) is 8.83. The number of carbonyl (C=O) groups excluding carboxylic acids is 4. The molecule has 196 valence electrons. The first-order valence-electron chi connectivity index (χ1n) is 12.4. The number of methoxy groups -OCH3 is 1. The largest absolute Gasteiger partial charge is 0.472 e. The number of furan rings is 1. The number of esters is 3. The Morgan fingerprint density at radius 2 is 1.81 bits per heavy atom. The number of fused-ring (bicyclic) bond motifs is 3. The van der Waals surface area contributed by atoms with Crippen molar-refractivity contribution < 1.29 is 42.2 Å². The lowest BCUT2D eigenvalue weighted by Gasteiger charge is -2.61. The number of hydrogen-bond donors (Lipinski definition) is 0. The lowest BCUT2D eigenvalue weighted by molar-refractivity contribution is -0.208. The van der Waals surface area contributed by atoms with Gasteiger partial charge >= 0.3 is 17.9 Å². The van der Waals surface area contributed by atoms with Crippen molar-refractivity contribution in [1.29, 1.82) is 0 Å². The smallest absolute Gasteiger partial charge is 0.338 e. The summed E-state index contributed by atoms with van der Waals surface area (Å²) in [5.74, 6) is -4.57. The van der Waals surface area contributed by atoms with Gasteiger partial charge in [0.05, 0.1) is 37.0 Å². The zero-order valence-electron chi connectivity index (χ0n) is 20.9. The zero-order chi connectivity index (χ0) is 26.5. The summed E-state index contributed by atoms with van der Waals surface area (Å²) in [5, 5.41) is 0. The maximum Gasteiger partial charge on any atom is 0.338 e. The topological polar surface area (TPSA) is 109 Å². The van der Waals surface area contributed by atoms with Gasteiger partial charge in [-0.2, -0.15) is 0 Å². The number of ketones is 1. The van der Waals surface area contributed by atoms with E-state index in [1.165, 1.54) is 31.8 Å². The number of hydrogen-bond acceptors (Lipinski definition) is 8. The Kier molecular flexibility index (Phi) is 6.20. The van der Waals surface area contributed by atoms with Crippen LogP contribution in [0.5, 0.6) is 0 Å². The lowest BCUT2D eigenvalue weighted by Crippen LogP contribution is -2.64. The molecule has 0 radical (unpaired) electrons. The van der Waals surface area contributed by atoms with Crippen molar-refractivity contribution in [3.63, 3.8) is 0 Å². The second kappa shape index (κ2) is 9.11. The van der Waals surface area contributed by atoms with Crippen molar-refractivity contribution in [3.8, 4) is 0 Å². The fourth-order valence-electron chi connectivity index (χ4n) is 7.05. The number of Topliss-reactive ketones (excluding diaryl/α,β-unsaturated/α-hetero) is 1. The van der Waals surface area contributed by atoms with Crippen molar-refractivity contribution in [1.82, 2.24) is 0 Å². The van der Waals surface area contributed by atoms with E-state index in [9.17, 15) is 23.6 Å². The molecule has 5 rings (SSSR count). The molecule has 9 heteroatoms. The van der Waals surface area contributed by atoms with Gasteiger partial charge in [-0.1, -0.05) is 13.8 Å². The maximum atomic E-state index is 14.1. The molecule has 2 aromatic rings. The molecular weight excluding hydrogens is 483 g/mol. The fourth-order valence-corrected chi connectivity index (χ4v) is 7.05. The number of ether oxygens (including phenoxy) is 3. The summed E-state index contributed by atoms with van der Waals surface area (Å²) >= 11 is 0. The SMILES string of the molecule is COC(=O)[C@@H]1CC(OC(=O)c2ccc(F)cc2)C(=O)[C@H]2[C@@]1(C)CC[C@H]1C(=O)O[C@H](c3ccoc3)C[C@]21C. The third-order valence-corrected chi connectivity index (χ3v) is 8.83. The standard InChI is InChI=1S/C28H29FO8/c1-27-10-8-18-26(33)37-21(16-9-11-35-14-16)13-28(18,2)23(27)22(30)20(12-19(27)25(32)34-3)36-24(31)15-4-6-17(29)7-5-15/h4-7,9,11,14,18-21,23H,8,10,12-13H2,1-3H3/t18-,19-,20?,21-,23-,27-,28-/m0/s1. The van der Waals surface area contributed by atoms with E-state index < -0.39 is 64.5 Å². The minimum Gasteiger partial charge on any atom is -0.472 e. The van der Waals surface area contributed by atoms with Crippen LogP contribution in [0.25, 0.3) is 0 Å². The molecule has 7 atom stereocenters. The Labute approximate surface area is 213 Å². The van der Waals surface area contributed by atoms with Crippen LogP contribution in [-0.4, -0.2) is 36.9 Å². The van der Waals surface area contributed by atoms with Gasteiger partial charge in [-0.25, -0.2) is 9.18 Å². The predicted octanol–water partition coefficient (Wildman–Crippen LogP) is 4.43. The quantitative estimate of drug-likeness (QED) is 0.437. The minimum absolute atomic E-state index is 0.0260. The first kappa shape index (κ1) is 25.2. The van der Waals surface area contributed by atoms with E-state index >= 15 is 0 Å². The highest BCUT2D eigenvalue weighted by molar-refractivity contribution is 5.96. The molecule has 0 spiro atoms. The molecule has 1 aromatic heterocycles. The molecule has 2 heterocycles. The van der Waals surface area contributed by atoms with E-state index in [4.69, 9.17) is 18.6 Å². The first-order valence-corrected chi connectivity index (χ1v) is 12.4. The van der Waals surface area contributed by atoms with Crippen LogP contribution in [0.4, 0.5) is 4.39 Å². The molecule has 2 aliphatic carbocycles. The third kappa shape index (κ3) is 4.04. The highest BCUT2D eigenvalue weighted by atomic mass is 19.1. The number of rotatable bonds is 4. The van der Waals surface area contributed by atoms with Crippen molar-refractivity contribution in [2.45, 2.75) is 51.7 Å². The van der Waals surface area contributed by atoms with E-state index in [1.807, 2.05) is 13.8 Å². The number of carbonyl (C=O) groups is 4. The highest BCUT2D eigenvalue weighted by Crippen LogP contribution is 2.65. The van der Waals surface area contributed by atoms with Crippen LogP contribution in [-0.2, 0) is 28.6 Å². The van der Waals surface area contributed by atoms with Crippen LogP contribution in [0.1, 0.15) is 61.6 Å². The average Bonchev–Trinajstić information content (AvgIpc) is 3.40. The molecule has 3 aliphatic rings. The molecule has 3 fully saturated rings. The summed E-state index contributed by atoms with van der Waals surface area (Å²) in [6, 6.07) is 6.53. The first-order chi connectivity index (χ1) is 17.6. The molecule has 0 bridgehead atoms. The molecule has 8 nitrogen and oxygen atoms in total. The van der Waals surface area contributed by atoms with Crippen LogP contribution < -0.4 is 0 Å². The van der Waals surface area contributed by atoms with Crippen molar-refractivity contribution in [2.75, 3.05) is 7.11 Å². The Morgan fingerprint density at radius 1 is 1.08 bits per heavy atom. The average molecular weight is 513 g/mol. The highest BCUT2D eigenvalue weighted by Gasteiger charge is 2.67. The summed E-state index contributed by atoms with van der Waals surface area (Å²) in [6.45, 7) is 3.78. The second-order valence-electron chi connectivity index (χ2n) is 10.8. The summed E-state index contributed by atoms with van der Waals surface area (Å²) in [5.41, 5.74) is -0.903. The minimum atomic E-state index is -1.22. The van der Waals surface area contributed by atoms with Gasteiger partial charge < -0.3 is 18.6 Å². The van der Waals surface area contributed by atoms with Crippen LogP contribution in [0, 0.1) is 34.4 Å². The molecule has 0 N–H and O–H groups in total. The van der Waals surface area contributed by atoms with E-state index in [2.05, 4.69) is 0 Å². The summed E-state index contributed by atoms with van der Waals surface area (Å²) in [6.07, 6.45) is 2.39. The molecule has 0 amide bonds. The Morgan fingerprint density at radius 3 is 2.46 bits per heavy atom. The van der Waals surface area contributed by atoms with E-state index in [-0.39, 0.29) is 17.8 Å². The second-order valence-corrected chi connectivity index (χ2v) is 10.8. The number of benzene rings is 1. The van der Waals surface area contributed by atoms with Gasteiger partial charge in [-0.05, 0) is 60.4 Å². The van der Waals surface area contributed by atoms with Crippen LogP contribution in [0.2, 0.25) is 0 Å². The van der Waals surface area contributed by atoms with Crippen molar-refractivity contribution in [2.24, 2.45) is 28.6 Å². The van der Waals surface area contributed by atoms with Crippen molar-refractivity contribution >= 4 is 23.7 Å². The van der Waals surface area contributed by atoms with Crippen LogP contribution in [0.15, 0.2) is 47.3 Å². The normalized spacial score (nSPS) is 35.1. The Hall–Kier alpha value is -3.49. The number of halogens is 1. The maximum absolute atomic E-state index is 14.1. The number of cyclic esters (lactones) is 1. The molecule has 1 aliphatic heterocycles. The van der Waals surface area contributed by atoms with Gasteiger partial charge in [-0.15, -0.1) is 0 Å². The predicted molar refractivity (Wildman–Crippen MR) is 125 cm³/mol. The van der Waals surface area contributed by atoms with Gasteiger partial charge in [0.1, 0.15) is 11.9 Å². The van der Waals surface area contributed by atoms with E-state index in [0.29, 0.717) is 24.8 Å². The lowest BCUT2D eigenvalue weighted by atomic mass is 9.43. The van der Waals surface area contributed by atoms with E-state index in [0.717, 1.165) is 12.1 Å². The fraction of sp³-hybridized carbons (Fsp3) is 0.500. The summed E-state index contributed by atoms with van der Waals surface area (Å²) in [4.78, 5) is 53.3. The van der Waals surface area contributed by atoms with Gasteiger partial charge in [0.15, 0.2) is 11.9 Å². The van der Waals surface area contributed by atoms with Crippen molar-refractivity contribution in [3.05, 3.63) is 59.8 Å². The summed E-state index contributed by atoms with van der Waals surface area (Å²) < 4.78 is 35.1. The molecule has 1 unspecified atom stereocenters. The van der Waals surface area contributed by atoms with Gasteiger partial charge in [0.2, 0.25) is 0 Å². The van der Waals surface area contributed by atoms with Gasteiger partial charge in [0, 0.05) is 17.9 Å². The van der Waals surface area contributed by atoms with Gasteiger partial charge in [-0.3, -0.25) is 14.4 Å². The van der Waals surface area contributed by atoms with E-state index in [1.54, 1.807) is 6.07 Å². The van der Waals surface area contributed by atoms with Crippen LogP contribution in [0.3, 0.4) is 0 Å². The zero-order valence-corrected chi connectivity index (χ0v) is 20.9. The summed E-state index contributed by atoms with van der Waals surface area (Å²) in [7, 11) is 1.29. The monoisotopic (exact) mass is 512 g/mol. The molecule has 37 heavy (non-hydrogen) atoms. The molecule has 1 aromatic carbocycles. The Balaban J connectivity index is 1.53. The molecule has 1 saturated heterocycles. The van der Waals surface area contributed by atoms with Crippen LogP contribution >= 0.6 is 0 Å².